The van der Waals surface area contributed by atoms with Crippen LogP contribution in [0, 0.1) is 0 Å². The molecule has 0 spiro atoms. The van der Waals surface area contributed by atoms with E-state index in [2.05, 4.69) is 51.2 Å². The predicted molar refractivity (Wildman–Crippen MR) is 128 cm³/mol. The van der Waals surface area contributed by atoms with E-state index < -0.39 is 0 Å². The molecule has 0 N–H and O–H groups in total. The number of hydrogen-bond acceptors (Lipinski definition) is 6. The van der Waals surface area contributed by atoms with Crippen molar-refractivity contribution in [3.63, 3.8) is 0 Å². The van der Waals surface area contributed by atoms with Crippen molar-refractivity contribution in [1.82, 2.24) is 29.0 Å². The first kappa shape index (κ1) is 21.8. The minimum absolute atomic E-state index is 0.0566. The zero-order valence-electron chi connectivity index (χ0n) is 19.2. The zero-order valence-corrected chi connectivity index (χ0v) is 19.2. The molecular weight excluding hydrogens is 416 g/mol. The number of ether oxygens (including phenoxy) is 1. The number of hydrogen-bond donors (Lipinski definition) is 0. The van der Waals surface area contributed by atoms with Gasteiger partial charge < -0.3 is 4.74 Å². The van der Waals surface area contributed by atoms with E-state index in [0.717, 1.165) is 50.7 Å². The summed E-state index contributed by atoms with van der Waals surface area (Å²) in [6, 6.07) is 18.5. The van der Waals surface area contributed by atoms with Crippen LogP contribution < -0.4 is 5.56 Å². The number of para-hydroxylation sites is 1. The summed E-state index contributed by atoms with van der Waals surface area (Å²) in [5.74, 6) is 1.40. The maximum absolute atomic E-state index is 12.8. The third-order valence-electron chi connectivity index (χ3n) is 6.52. The second-order valence-electron chi connectivity index (χ2n) is 8.79. The molecule has 1 aliphatic heterocycles. The number of rotatable bonds is 7. The van der Waals surface area contributed by atoms with Gasteiger partial charge in [0.05, 0.1) is 30.7 Å². The van der Waals surface area contributed by atoms with Crippen LogP contribution in [0.1, 0.15) is 18.3 Å². The van der Waals surface area contributed by atoms with E-state index in [9.17, 15) is 4.79 Å². The standard InChI is InChI=1S/C25H30N6O2/c1-19(16-29-12-14-33-15-13-29)30(17-20-8-4-3-5-9-20)18-23-26-27-25-28(2)24(32)21-10-6-7-11-22(21)31(23)25/h3-11,19H,12-18H2,1-2H3. The topological polar surface area (TPSA) is 67.9 Å². The summed E-state index contributed by atoms with van der Waals surface area (Å²) in [6.45, 7) is 8.19. The van der Waals surface area contributed by atoms with E-state index in [4.69, 9.17) is 4.74 Å². The Kier molecular flexibility index (Phi) is 6.22. The molecule has 0 saturated carbocycles. The van der Waals surface area contributed by atoms with E-state index >= 15 is 0 Å². The van der Waals surface area contributed by atoms with Crippen LogP contribution in [-0.2, 0) is 24.9 Å². The molecule has 8 heteroatoms. The largest absolute Gasteiger partial charge is 0.379 e. The van der Waals surface area contributed by atoms with Gasteiger partial charge in [0.1, 0.15) is 0 Å². The Balaban J connectivity index is 1.51. The first-order valence-corrected chi connectivity index (χ1v) is 11.5. The molecule has 1 fully saturated rings. The Morgan fingerprint density at radius 1 is 1.00 bits per heavy atom. The van der Waals surface area contributed by atoms with Gasteiger partial charge in [-0.1, -0.05) is 42.5 Å². The fraction of sp³-hybridized carbons (Fsp3) is 0.400. The summed E-state index contributed by atoms with van der Waals surface area (Å²) in [4.78, 5) is 17.7. The molecule has 2 aromatic carbocycles. The number of morpholine rings is 1. The molecule has 0 bridgehead atoms. The number of nitrogens with zero attached hydrogens (tertiary/aromatic N) is 6. The molecule has 0 amide bonds. The monoisotopic (exact) mass is 446 g/mol. The van der Waals surface area contributed by atoms with Crippen LogP contribution in [0.25, 0.3) is 16.7 Å². The van der Waals surface area contributed by atoms with Crippen molar-refractivity contribution in [3.8, 4) is 0 Å². The summed E-state index contributed by atoms with van der Waals surface area (Å²) < 4.78 is 9.13. The summed E-state index contributed by atoms with van der Waals surface area (Å²) in [5.41, 5.74) is 2.05. The maximum Gasteiger partial charge on any atom is 0.262 e. The molecule has 4 aromatic rings. The number of benzene rings is 2. The van der Waals surface area contributed by atoms with Gasteiger partial charge >= 0.3 is 0 Å². The normalized spacial score (nSPS) is 16.1. The van der Waals surface area contributed by atoms with Crippen LogP contribution in [0.4, 0.5) is 0 Å². The van der Waals surface area contributed by atoms with Gasteiger partial charge in [0.25, 0.3) is 5.56 Å². The molecule has 172 valence electrons. The summed E-state index contributed by atoms with van der Waals surface area (Å²) in [7, 11) is 1.76. The van der Waals surface area contributed by atoms with Gasteiger partial charge in [-0.3, -0.25) is 23.6 Å². The lowest BCUT2D eigenvalue weighted by Gasteiger charge is -2.34. The maximum atomic E-state index is 12.8. The van der Waals surface area contributed by atoms with Crippen LogP contribution in [0.2, 0.25) is 0 Å². The van der Waals surface area contributed by atoms with Crippen LogP contribution in [0.5, 0.6) is 0 Å². The predicted octanol–water partition coefficient (Wildman–Crippen LogP) is 2.30. The SMILES string of the molecule is CC(CN1CCOCC1)N(Cc1ccccc1)Cc1nnc2n(C)c(=O)c3ccccc3n12. The highest BCUT2D eigenvalue weighted by atomic mass is 16.5. The molecule has 2 aromatic heterocycles. The van der Waals surface area contributed by atoms with Crippen molar-refractivity contribution >= 4 is 16.7 Å². The van der Waals surface area contributed by atoms with Gasteiger partial charge in [-0.15, -0.1) is 10.2 Å². The van der Waals surface area contributed by atoms with E-state index in [1.165, 1.54) is 5.56 Å². The van der Waals surface area contributed by atoms with Crippen molar-refractivity contribution < 1.29 is 4.74 Å². The lowest BCUT2D eigenvalue weighted by Crippen LogP contribution is -2.46. The van der Waals surface area contributed by atoms with E-state index in [1.807, 2.05) is 34.7 Å². The molecule has 0 aliphatic carbocycles. The Morgan fingerprint density at radius 2 is 1.73 bits per heavy atom. The Morgan fingerprint density at radius 3 is 2.52 bits per heavy atom. The van der Waals surface area contributed by atoms with Gasteiger partial charge in [-0.25, -0.2) is 0 Å². The molecule has 1 saturated heterocycles. The lowest BCUT2D eigenvalue weighted by atomic mass is 10.1. The fourth-order valence-corrected chi connectivity index (χ4v) is 4.63. The quantitative estimate of drug-likeness (QED) is 0.434. The summed E-state index contributed by atoms with van der Waals surface area (Å²) >= 11 is 0. The van der Waals surface area contributed by atoms with Gasteiger partial charge in [0.2, 0.25) is 5.78 Å². The van der Waals surface area contributed by atoms with Crippen LogP contribution in [-0.4, -0.2) is 67.9 Å². The number of aryl methyl sites for hydroxylation is 1. The van der Waals surface area contributed by atoms with Crippen molar-refractivity contribution in [2.45, 2.75) is 26.1 Å². The van der Waals surface area contributed by atoms with Gasteiger partial charge in [-0.05, 0) is 24.6 Å². The molecule has 0 radical (unpaired) electrons. The molecular formula is C25H30N6O2. The molecule has 5 rings (SSSR count). The summed E-state index contributed by atoms with van der Waals surface area (Å²) in [6.07, 6.45) is 0. The minimum Gasteiger partial charge on any atom is -0.379 e. The first-order valence-electron chi connectivity index (χ1n) is 11.5. The number of aromatic nitrogens is 4. The van der Waals surface area contributed by atoms with Crippen LogP contribution in [0.15, 0.2) is 59.4 Å². The molecule has 3 heterocycles. The van der Waals surface area contributed by atoms with Crippen LogP contribution >= 0.6 is 0 Å². The van der Waals surface area contributed by atoms with Gasteiger partial charge in [0, 0.05) is 39.3 Å². The average Bonchev–Trinajstić information content (AvgIpc) is 3.27. The summed E-state index contributed by atoms with van der Waals surface area (Å²) in [5, 5.41) is 9.59. The van der Waals surface area contributed by atoms with Crippen molar-refractivity contribution in [2.24, 2.45) is 7.05 Å². The van der Waals surface area contributed by atoms with E-state index in [1.54, 1.807) is 11.6 Å². The second kappa shape index (κ2) is 9.43. The highest BCUT2D eigenvalue weighted by Gasteiger charge is 2.23. The second-order valence-corrected chi connectivity index (χ2v) is 8.79. The lowest BCUT2D eigenvalue weighted by molar-refractivity contribution is 0.0223. The zero-order chi connectivity index (χ0) is 22.8. The van der Waals surface area contributed by atoms with Gasteiger partial charge in [-0.2, -0.15) is 0 Å². The Hall–Kier alpha value is -3.07. The smallest absolute Gasteiger partial charge is 0.262 e. The Bertz CT molecular complexity index is 1290. The highest BCUT2D eigenvalue weighted by molar-refractivity contribution is 5.80. The Labute approximate surface area is 193 Å². The molecule has 1 unspecified atom stereocenters. The first-order chi connectivity index (χ1) is 16.1. The molecule has 1 atom stereocenters. The highest BCUT2D eigenvalue weighted by Crippen LogP contribution is 2.18. The molecule has 8 nitrogen and oxygen atoms in total. The third-order valence-corrected chi connectivity index (χ3v) is 6.52. The average molecular weight is 447 g/mol. The van der Waals surface area contributed by atoms with E-state index in [-0.39, 0.29) is 5.56 Å². The van der Waals surface area contributed by atoms with Crippen molar-refractivity contribution in [2.75, 3.05) is 32.8 Å². The van der Waals surface area contributed by atoms with Crippen molar-refractivity contribution in [1.29, 1.82) is 0 Å². The number of fused-ring (bicyclic) bond motifs is 3. The van der Waals surface area contributed by atoms with Crippen LogP contribution in [0.3, 0.4) is 0 Å². The molecule has 33 heavy (non-hydrogen) atoms. The van der Waals surface area contributed by atoms with E-state index in [0.29, 0.717) is 23.8 Å². The third kappa shape index (κ3) is 4.42. The van der Waals surface area contributed by atoms with Gasteiger partial charge in [0.15, 0.2) is 5.82 Å². The minimum atomic E-state index is -0.0566. The fourth-order valence-electron chi connectivity index (χ4n) is 4.63. The van der Waals surface area contributed by atoms with Crippen molar-refractivity contribution in [3.05, 3.63) is 76.3 Å². The molecule has 1 aliphatic rings.